The molecule has 0 N–H and O–H groups in total. The van der Waals surface area contributed by atoms with Crippen molar-refractivity contribution in [3.63, 3.8) is 0 Å². The normalized spacial score (nSPS) is 9.88. The first-order chi connectivity index (χ1) is 12.5. The molecule has 2 aromatic rings. The fourth-order valence-corrected chi connectivity index (χ4v) is 2.47. The van der Waals surface area contributed by atoms with Gasteiger partial charge in [-0.1, -0.05) is 35.9 Å². The topological polar surface area (TPSA) is 79.6 Å². The molecule has 0 aliphatic heterocycles. The second-order valence-corrected chi connectivity index (χ2v) is 5.63. The summed E-state index contributed by atoms with van der Waals surface area (Å²) in [5.74, 6) is -0.399. The van der Waals surface area contributed by atoms with Crippen LogP contribution in [0.2, 0.25) is 0 Å². The van der Waals surface area contributed by atoms with Gasteiger partial charge in [-0.05, 0) is 25.1 Å². The Morgan fingerprint density at radius 1 is 1.15 bits per heavy atom. The Morgan fingerprint density at radius 3 is 2.54 bits per heavy atom. The molecular formula is C20H20N2O4. The van der Waals surface area contributed by atoms with Gasteiger partial charge >= 0.3 is 5.97 Å². The molecule has 0 heterocycles. The summed E-state index contributed by atoms with van der Waals surface area (Å²) in [5.41, 5.74) is 2.27. The maximum Gasteiger partial charge on any atom is 0.310 e. The van der Waals surface area contributed by atoms with Crippen molar-refractivity contribution in [2.75, 3.05) is 25.2 Å². The predicted molar refractivity (Wildman–Crippen MR) is 96.8 cm³/mol. The third-order valence-corrected chi connectivity index (χ3v) is 3.73. The lowest BCUT2D eigenvalue weighted by atomic mass is 10.1. The number of para-hydroxylation sites is 1. The zero-order valence-corrected chi connectivity index (χ0v) is 14.8. The molecule has 0 radical (unpaired) electrons. The van der Waals surface area contributed by atoms with Crippen LogP contribution in [0.5, 0.6) is 5.75 Å². The Morgan fingerprint density at radius 2 is 1.88 bits per heavy atom. The molecular weight excluding hydrogens is 332 g/mol. The molecule has 0 aliphatic carbocycles. The molecule has 0 aliphatic rings. The van der Waals surface area contributed by atoms with Gasteiger partial charge < -0.3 is 9.47 Å². The molecule has 2 rings (SSSR count). The van der Waals surface area contributed by atoms with E-state index in [1.54, 1.807) is 30.3 Å². The van der Waals surface area contributed by atoms with Gasteiger partial charge in [-0.25, -0.2) is 0 Å². The fraction of sp³-hybridized carbons (Fsp3) is 0.250. The molecule has 6 nitrogen and oxygen atoms in total. The van der Waals surface area contributed by atoms with Gasteiger partial charge in [0.2, 0.25) is 0 Å². The molecule has 6 heteroatoms. The van der Waals surface area contributed by atoms with E-state index in [1.165, 1.54) is 12.0 Å². The molecule has 0 spiro atoms. The first-order valence-corrected chi connectivity index (χ1v) is 8.06. The van der Waals surface area contributed by atoms with Crippen molar-refractivity contribution >= 4 is 17.6 Å². The van der Waals surface area contributed by atoms with Crippen LogP contribution in [0, 0.1) is 18.3 Å². The highest BCUT2D eigenvalue weighted by Crippen LogP contribution is 2.20. The molecule has 134 valence electrons. The van der Waals surface area contributed by atoms with Crippen molar-refractivity contribution < 1.29 is 19.1 Å². The summed E-state index contributed by atoms with van der Waals surface area (Å²) in [6.07, 6.45) is 0.00171. The maximum atomic E-state index is 12.3. The van der Waals surface area contributed by atoms with Crippen LogP contribution in [0.25, 0.3) is 0 Å². The van der Waals surface area contributed by atoms with Gasteiger partial charge in [-0.15, -0.1) is 0 Å². The SMILES string of the molecule is COc1ccc(C)cc1CC(=O)OCC(=O)N(CC#N)c1ccccc1. The van der Waals surface area contributed by atoms with Gasteiger partial charge in [-0.2, -0.15) is 5.26 Å². The van der Waals surface area contributed by atoms with E-state index < -0.39 is 18.5 Å². The molecule has 1 amide bonds. The molecule has 0 saturated carbocycles. The van der Waals surface area contributed by atoms with E-state index in [0.29, 0.717) is 17.0 Å². The first-order valence-electron chi connectivity index (χ1n) is 8.06. The zero-order chi connectivity index (χ0) is 18.9. The van der Waals surface area contributed by atoms with E-state index in [2.05, 4.69) is 0 Å². The number of anilines is 1. The highest BCUT2D eigenvalue weighted by atomic mass is 16.5. The smallest absolute Gasteiger partial charge is 0.310 e. The van der Waals surface area contributed by atoms with Crippen molar-refractivity contribution in [1.82, 2.24) is 0 Å². The van der Waals surface area contributed by atoms with E-state index in [-0.39, 0.29) is 13.0 Å². The lowest BCUT2D eigenvalue weighted by molar-refractivity contribution is -0.147. The molecule has 2 aromatic carbocycles. The number of amides is 1. The van der Waals surface area contributed by atoms with Crippen molar-refractivity contribution in [3.8, 4) is 11.8 Å². The van der Waals surface area contributed by atoms with Gasteiger partial charge in [0, 0.05) is 11.3 Å². The summed E-state index contributed by atoms with van der Waals surface area (Å²) < 4.78 is 10.3. The second-order valence-electron chi connectivity index (χ2n) is 5.63. The van der Waals surface area contributed by atoms with Crippen LogP contribution in [0.4, 0.5) is 5.69 Å². The Hall–Kier alpha value is -3.33. The highest BCUT2D eigenvalue weighted by molar-refractivity contribution is 5.95. The summed E-state index contributed by atoms with van der Waals surface area (Å²) in [4.78, 5) is 25.7. The third-order valence-electron chi connectivity index (χ3n) is 3.73. The second kappa shape index (κ2) is 9.23. The van der Waals surface area contributed by atoms with Crippen LogP contribution in [0.1, 0.15) is 11.1 Å². The van der Waals surface area contributed by atoms with Crippen LogP contribution in [-0.4, -0.2) is 32.1 Å². The maximum absolute atomic E-state index is 12.3. The first kappa shape index (κ1) is 19.0. The summed E-state index contributed by atoms with van der Waals surface area (Å²) >= 11 is 0. The molecule has 0 atom stereocenters. The van der Waals surface area contributed by atoms with Gasteiger partial charge in [-0.3, -0.25) is 14.5 Å². The minimum atomic E-state index is -0.535. The van der Waals surface area contributed by atoms with Crippen LogP contribution in [0.3, 0.4) is 0 Å². The van der Waals surface area contributed by atoms with E-state index in [0.717, 1.165) is 5.56 Å². The van der Waals surface area contributed by atoms with E-state index in [9.17, 15) is 9.59 Å². The number of aryl methyl sites for hydroxylation is 1. The molecule has 0 aromatic heterocycles. The largest absolute Gasteiger partial charge is 0.496 e. The van der Waals surface area contributed by atoms with Gasteiger partial charge in [0.25, 0.3) is 5.91 Å². The van der Waals surface area contributed by atoms with Gasteiger partial charge in [0.15, 0.2) is 6.61 Å². The van der Waals surface area contributed by atoms with Crippen LogP contribution >= 0.6 is 0 Å². The van der Waals surface area contributed by atoms with Crippen LogP contribution < -0.4 is 9.64 Å². The molecule has 0 fully saturated rings. The monoisotopic (exact) mass is 352 g/mol. The molecule has 0 bridgehead atoms. The quantitative estimate of drug-likeness (QED) is 0.565. The Balaban J connectivity index is 1.99. The van der Waals surface area contributed by atoms with E-state index in [4.69, 9.17) is 14.7 Å². The number of carbonyl (C=O) groups excluding carboxylic acids is 2. The van der Waals surface area contributed by atoms with Gasteiger partial charge in [0.1, 0.15) is 12.3 Å². The number of nitriles is 1. The number of benzene rings is 2. The number of hydrogen-bond donors (Lipinski definition) is 0. The average Bonchev–Trinajstić information content (AvgIpc) is 2.65. The number of methoxy groups -OCH3 is 1. The lowest BCUT2D eigenvalue weighted by Gasteiger charge is -2.19. The summed E-state index contributed by atoms with van der Waals surface area (Å²) in [7, 11) is 1.53. The summed E-state index contributed by atoms with van der Waals surface area (Å²) in [6, 6.07) is 16.2. The van der Waals surface area contributed by atoms with Crippen LogP contribution in [0.15, 0.2) is 48.5 Å². The van der Waals surface area contributed by atoms with Gasteiger partial charge in [0.05, 0.1) is 19.6 Å². The standard InChI is InChI=1S/C20H20N2O4/c1-15-8-9-18(25-2)16(12-15)13-20(24)26-14-19(23)22(11-10-21)17-6-4-3-5-7-17/h3-9,12H,11,13-14H2,1-2H3. The molecule has 0 saturated heterocycles. The van der Waals surface area contributed by atoms with E-state index >= 15 is 0 Å². The fourth-order valence-electron chi connectivity index (χ4n) is 2.47. The van der Waals surface area contributed by atoms with Crippen molar-refractivity contribution in [2.24, 2.45) is 0 Å². The Labute approximate surface area is 152 Å². The number of rotatable bonds is 7. The Bertz CT molecular complexity index is 812. The zero-order valence-electron chi connectivity index (χ0n) is 14.8. The highest BCUT2D eigenvalue weighted by Gasteiger charge is 2.18. The number of ether oxygens (including phenoxy) is 2. The van der Waals surface area contributed by atoms with Crippen molar-refractivity contribution in [2.45, 2.75) is 13.3 Å². The van der Waals surface area contributed by atoms with Crippen molar-refractivity contribution in [3.05, 3.63) is 59.7 Å². The number of nitrogens with zero attached hydrogens (tertiary/aromatic N) is 2. The number of esters is 1. The van der Waals surface area contributed by atoms with Crippen LogP contribution in [-0.2, 0) is 20.7 Å². The number of hydrogen-bond acceptors (Lipinski definition) is 5. The lowest BCUT2D eigenvalue weighted by Crippen LogP contribution is -2.35. The summed E-state index contributed by atoms with van der Waals surface area (Å²) in [6.45, 7) is 1.37. The third kappa shape index (κ3) is 5.08. The molecule has 0 unspecified atom stereocenters. The Kier molecular flexibility index (Phi) is 6.75. The molecule has 26 heavy (non-hydrogen) atoms. The minimum absolute atomic E-state index is 0.00171. The minimum Gasteiger partial charge on any atom is -0.496 e. The average molecular weight is 352 g/mol. The van der Waals surface area contributed by atoms with Crippen molar-refractivity contribution in [1.29, 1.82) is 5.26 Å². The van der Waals surface area contributed by atoms with E-state index in [1.807, 2.05) is 31.2 Å². The summed E-state index contributed by atoms with van der Waals surface area (Å²) in [5, 5.41) is 8.94. The number of carbonyl (C=O) groups is 2. The predicted octanol–water partition coefficient (Wildman–Crippen LogP) is 2.65.